The van der Waals surface area contributed by atoms with Gasteiger partial charge in [0.05, 0.1) is 0 Å². The van der Waals surface area contributed by atoms with E-state index in [0.29, 0.717) is 5.69 Å². The van der Waals surface area contributed by atoms with Crippen molar-refractivity contribution in [3.8, 4) is 6.07 Å². The Hall–Kier alpha value is -1.60. The lowest BCUT2D eigenvalue weighted by Crippen LogP contribution is -2.51. The van der Waals surface area contributed by atoms with Gasteiger partial charge < -0.3 is 4.90 Å². The first-order chi connectivity index (χ1) is 10.3. The van der Waals surface area contributed by atoms with Crippen LogP contribution in [0.15, 0.2) is 18.2 Å². The van der Waals surface area contributed by atoms with Crippen LogP contribution >= 0.6 is 0 Å². The smallest absolute Gasteiger partial charge is 0.142 e. The van der Waals surface area contributed by atoms with Crippen molar-refractivity contribution in [3.05, 3.63) is 23.9 Å². The number of hydrogen-bond acceptors (Lipinski definition) is 4. The van der Waals surface area contributed by atoms with Gasteiger partial charge in [-0.05, 0) is 43.7 Å². The van der Waals surface area contributed by atoms with E-state index in [4.69, 9.17) is 5.26 Å². The van der Waals surface area contributed by atoms with Crippen LogP contribution in [0.25, 0.3) is 0 Å². The van der Waals surface area contributed by atoms with Gasteiger partial charge in [-0.3, -0.25) is 4.90 Å². The van der Waals surface area contributed by atoms with Crippen molar-refractivity contribution < 1.29 is 0 Å². The summed E-state index contributed by atoms with van der Waals surface area (Å²) in [6.07, 6.45) is 5.50. The molecule has 0 atom stereocenters. The van der Waals surface area contributed by atoms with Crippen LogP contribution in [0.1, 0.15) is 38.3 Å². The van der Waals surface area contributed by atoms with Gasteiger partial charge in [-0.1, -0.05) is 13.0 Å². The zero-order chi connectivity index (χ0) is 14.7. The highest BCUT2D eigenvalue weighted by Gasteiger charge is 2.27. The molecular weight excluding hydrogens is 260 g/mol. The van der Waals surface area contributed by atoms with E-state index in [0.717, 1.165) is 44.0 Å². The fourth-order valence-electron chi connectivity index (χ4n) is 3.59. The number of anilines is 1. The highest BCUT2D eigenvalue weighted by Crippen LogP contribution is 2.28. The molecule has 3 rings (SSSR count). The third-order valence-electron chi connectivity index (χ3n) is 4.99. The number of aromatic nitrogens is 1. The molecule has 1 aromatic rings. The van der Waals surface area contributed by atoms with Gasteiger partial charge in [0.25, 0.3) is 0 Å². The first kappa shape index (κ1) is 14.3. The first-order valence-corrected chi connectivity index (χ1v) is 8.12. The van der Waals surface area contributed by atoms with Gasteiger partial charge in [0.15, 0.2) is 0 Å². The zero-order valence-corrected chi connectivity index (χ0v) is 12.8. The van der Waals surface area contributed by atoms with E-state index < -0.39 is 0 Å². The van der Waals surface area contributed by atoms with Crippen molar-refractivity contribution in [2.45, 2.75) is 38.6 Å². The molecule has 1 aromatic heterocycles. The molecule has 0 N–H and O–H groups in total. The topological polar surface area (TPSA) is 43.2 Å². The van der Waals surface area contributed by atoms with Crippen LogP contribution in [-0.4, -0.2) is 42.1 Å². The standard InChI is InChI=1S/C17H24N4/c1-14-5-7-16(8-6-14)20-9-11-21(12-10-20)17-4-2-3-15(13-18)19-17/h2-4,14,16H,5-12H2,1H3. The van der Waals surface area contributed by atoms with Crippen LogP contribution in [0.4, 0.5) is 5.82 Å². The molecule has 1 saturated heterocycles. The van der Waals surface area contributed by atoms with Crippen molar-refractivity contribution in [2.75, 3.05) is 31.1 Å². The molecule has 4 heteroatoms. The fourth-order valence-corrected chi connectivity index (χ4v) is 3.59. The Morgan fingerprint density at radius 1 is 1.10 bits per heavy atom. The maximum atomic E-state index is 8.95. The maximum absolute atomic E-state index is 8.95. The number of piperazine rings is 1. The number of nitriles is 1. The molecule has 2 aliphatic rings. The Kier molecular flexibility index (Phi) is 4.40. The summed E-state index contributed by atoms with van der Waals surface area (Å²) in [7, 11) is 0. The van der Waals surface area contributed by atoms with Crippen LogP contribution < -0.4 is 4.90 Å². The van der Waals surface area contributed by atoms with E-state index in [1.54, 1.807) is 6.07 Å². The molecule has 21 heavy (non-hydrogen) atoms. The first-order valence-electron chi connectivity index (χ1n) is 8.12. The van der Waals surface area contributed by atoms with Crippen molar-refractivity contribution in [1.29, 1.82) is 5.26 Å². The van der Waals surface area contributed by atoms with E-state index >= 15 is 0 Å². The molecule has 0 amide bonds. The van der Waals surface area contributed by atoms with Crippen molar-refractivity contribution in [1.82, 2.24) is 9.88 Å². The summed E-state index contributed by atoms with van der Waals surface area (Å²) in [4.78, 5) is 9.38. The lowest BCUT2D eigenvalue weighted by molar-refractivity contribution is 0.132. The molecular formula is C17H24N4. The summed E-state index contributed by atoms with van der Waals surface area (Å²) in [5.74, 6) is 1.87. The monoisotopic (exact) mass is 284 g/mol. The number of hydrogen-bond donors (Lipinski definition) is 0. The molecule has 112 valence electrons. The van der Waals surface area contributed by atoms with Gasteiger partial charge >= 0.3 is 0 Å². The van der Waals surface area contributed by atoms with E-state index in [1.165, 1.54) is 25.7 Å². The predicted molar refractivity (Wildman–Crippen MR) is 84.2 cm³/mol. The lowest BCUT2D eigenvalue weighted by Gasteiger charge is -2.42. The number of rotatable bonds is 2. The highest BCUT2D eigenvalue weighted by molar-refractivity contribution is 5.42. The summed E-state index contributed by atoms with van der Waals surface area (Å²) in [5, 5.41) is 8.95. The Labute approximate surface area is 127 Å². The molecule has 0 aromatic carbocycles. The average molecular weight is 284 g/mol. The Morgan fingerprint density at radius 3 is 2.48 bits per heavy atom. The minimum absolute atomic E-state index is 0.510. The molecule has 0 spiro atoms. The molecule has 4 nitrogen and oxygen atoms in total. The second kappa shape index (κ2) is 6.44. The van der Waals surface area contributed by atoms with Gasteiger partial charge in [0.2, 0.25) is 0 Å². The molecule has 2 fully saturated rings. The molecule has 0 radical (unpaired) electrons. The predicted octanol–water partition coefficient (Wildman–Crippen LogP) is 2.65. The minimum Gasteiger partial charge on any atom is -0.354 e. The second-order valence-corrected chi connectivity index (χ2v) is 6.43. The lowest BCUT2D eigenvalue weighted by atomic mass is 9.86. The van der Waals surface area contributed by atoms with E-state index in [-0.39, 0.29) is 0 Å². The van der Waals surface area contributed by atoms with Crippen molar-refractivity contribution >= 4 is 5.82 Å². The number of nitrogens with zero attached hydrogens (tertiary/aromatic N) is 4. The van der Waals surface area contributed by atoms with Crippen LogP contribution in [0.2, 0.25) is 0 Å². The van der Waals surface area contributed by atoms with Gasteiger partial charge in [0.1, 0.15) is 17.6 Å². The minimum atomic E-state index is 0.510. The summed E-state index contributed by atoms with van der Waals surface area (Å²) in [6.45, 7) is 6.67. The van der Waals surface area contributed by atoms with Gasteiger partial charge in [-0.2, -0.15) is 5.26 Å². The largest absolute Gasteiger partial charge is 0.354 e. The molecule has 1 aliphatic heterocycles. The van der Waals surface area contributed by atoms with Crippen LogP contribution in [0.3, 0.4) is 0 Å². The molecule has 2 heterocycles. The van der Waals surface area contributed by atoms with Crippen LogP contribution in [0, 0.1) is 17.2 Å². The fraction of sp³-hybridized carbons (Fsp3) is 0.647. The summed E-state index contributed by atoms with van der Waals surface area (Å²) in [6, 6.07) is 8.62. The van der Waals surface area contributed by atoms with E-state index in [2.05, 4.69) is 27.8 Å². The van der Waals surface area contributed by atoms with E-state index in [9.17, 15) is 0 Å². The summed E-state index contributed by atoms with van der Waals surface area (Å²) in [5.41, 5.74) is 0.510. The Bertz CT molecular complexity index is 506. The van der Waals surface area contributed by atoms with Gasteiger partial charge in [0, 0.05) is 32.2 Å². The number of pyridine rings is 1. The third kappa shape index (κ3) is 3.36. The molecule has 0 unspecified atom stereocenters. The summed E-state index contributed by atoms with van der Waals surface area (Å²) < 4.78 is 0. The van der Waals surface area contributed by atoms with Crippen LogP contribution in [-0.2, 0) is 0 Å². The quantitative estimate of drug-likeness (QED) is 0.837. The maximum Gasteiger partial charge on any atom is 0.142 e. The average Bonchev–Trinajstić information content (AvgIpc) is 2.56. The highest BCUT2D eigenvalue weighted by atomic mass is 15.3. The van der Waals surface area contributed by atoms with Crippen molar-refractivity contribution in [2.24, 2.45) is 5.92 Å². The molecule has 0 bridgehead atoms. The van der Waals surface area contributed by atoms with E-state index in [1.807, 2.05) is 12.1 Å². The Morgan fingerprint density at radius 2 is 1.81 bits per heavy atom. The van der Waals surface area contributed by atoms with Gasteiger partial charge in [-0.15, -0.1) is 0 Å². The molecule has 1 saturated carbocycles. The van der Waals surface area contributed by atoms with Gasteiger partial charge in [-0.25, -0.2) is 4.98 Å². The second-order valence-electron chi connectivity index (χ2n) is 6.43. The zero-order valence-electron chi connectivity index (χ0n) is 12.8. The molecule has 1 aliphatic carbocycles. The Balaban J connectivity index is 1.56. The van der Waals surface area contributed by atoms with Crippen LogP contribution in [0.5, 0.6) is 0 Å². The van der Waals surface area contributed by atoms with Crippen molar-refractivity contribution in [3.63, 3.8) is 0 Å². The SMILES string of the molecule is CC1CCC(N2CCN(c3cccc(C#N)n3)CC2)CC1. The summed E-state index contributed by atoms with van der Waals surface area (Å²) >= 11 is 0. The third-order valence-corrected chi connectivity index (χ3v) is 4.99. The normalized spacial score (nSPS) is 27.3.